The maximum Gasteiger partial charge on any atom is 0.250 e. The summed E-state index contributed by atoms with van der Waals surface area (Å²) < 4.78 is 3.26. The summed E-state index contributed by atoms with van der Waals surface area (Å²) in [7, 11) is 3.98. The van der Waals surface area contributed by atoms with E-state index in [1.54, 1.807) is 18.5 Å². The lowest BCUT2D eigenvalue weighted by atomic mass is 10.1. The number of carbonyl (C=O) groups is 1. The minimum Gasteiger partial charge on any atom is -0.307 e. The zero-order chi connectivity index (χ0) is 20.8. The zero-order valence-corrected chi connectivity index (χ0v) is 17.1. The Morgan fingerprint density at radius 1 is 1.14 bits per heavy atom. The quantitative estimate of drug-likeness (QED) is 0.555. The number of carbonyl (C=O) groups excluding carboxylic acids is 1. The normalized spacial score (nSPS) is 11.4. The molecule has 6 heteroatoms. The molecule has 0 fully saturated rings. The molecule has 0 saturated heterocycles. The van der Waals surface area contributed by atoms with Crippen LogP contribution in [0.25, 0.3) is 6.08 Å². The number of Topliss-reactive ketones (excluding diaryl/α,β-unsaturated/α-hetero) is 1. The Kier molecular flexibility index (Phi) is 6.57. The lowest BCUT2D eigenvalue weighted by Crippen LogP contribution is -2.23. The molecule has 0 saturated carbocycles. The molecule has 0 unspecified atom stereocenters. The number of pyridine rings is 1. The summed E-state index contributed by atoms with van der Waals surface area (Å²) in [5.74, 6) is -0.127. The zero-order valence-electron chi connectivity index (χ0n) is 17.1. The summed E-state index contributed by atoms with van der Waals surface area (Å²) in [5, 5.41) is 4.36. The van der Waals surface area contributed by atoms with E-state index in [1.807, 2.05) is 73.1 Å². The highest BCUT2D eigenvalue weighted by atomic mass is 16.1. The SMILES string of the molecule is Cc1c(C(=O)Cn2cc(/C=C\CN(C)C)ccc2=O)cnn1Cc1ccccc1. The van der Waals surface area contributed by atoms with E-state index in [4.69, 9.17) is 0 Å². The van der Waals surface area contributed by atoms with Crippen LogP contribution in [0.15, 0.2) is 65.7 Å². The molecule has 2 aromatic heterocycles. The molecule has 1 aromatic carbocycles. The van der Waals surface area contributed by atoms with Gasteiger partial charge in [-0.3, -0.25) is 14.3 Å². The number of hydrogen-bond donors (Lipinski definition) is 0. The second-order valence-corrected chi connectivity index (χ2v) is 7.30. The van der Waals surface area contributed by atoms with Crippen LogP contribution in [-0.2, 0) is 13.1 Å². The fraction of sp³-hybridized carbons (Fsp3) is 0.261. The number of benzene rings is 1. The van der Waals surface area contributed by atoms with E-state index in [2.05, 4.69) is 5.10 Å². The van der Waals surface area contributed by atoms with Gasteiger partial charge >= 0.3 is 0 Å². The lowest BCUT2D eigenvalue weighted by Gasteiger charge is -2.08. The molecule has 150 valence electrons. The average molecular weight is 390 g/mol. The lowest BCUT2D eigenvalue weighted by molar-refractivity contribution is 0.0970. The van der Waals surface area contributed by atoms with Gasteiger partial charge in [-0.1, -0.05) is 42.5 Å². The predicted molar refractivity (Wildman–Crippen MR) is 115 cm³/mol. The molecule has 0 N–H and O–H groups in total. The van der Waals surface area contributed by atoms with E-state index in [-0.39, 0.29) is 17.9 Å². The molecule has 3 rings (SSSR count). The van der Waals surface area contributed by atoms with Gasteiger partial charge in [0.25, 0.3) is 5.56 Å². The Labute approximate surface area is 170 Å². The molecule has 3 aromatic rings. The molecule has 0 aliphatic heterocycles. The smallest absolute Gasteiger partial charge is 0.250 e. The Balaban J connectivity index is 1.75. The maximum atomic E-state index is 12.8. The number of rotatable bonds is 8. The fourth-order valence-electron chi connectivity index (χ4n) is 3.05. The highest BCUT2D eigenvalue weighted by molar-refractivity contribution is 5.96. The van der Waals surface area contributed by atoms with Gasteiger partial charge in [0.15, 0.2) is 5.78 Å². The van der Waals surface area contributed by atoms with Crippen LogP contribution in [0.3, 0.4) is 0 Å². The van der Waals surface area contributed by atoms with Crippen molar-refractivity contribution in [2.24, 2.45) is 0 Å². The second-order valence-electron chi connectivity index (χ2n) is 7.30. The summed E-state index contributed by atoms with van der Waals surface area (Å²) in [6.45, 7) is 3.28. The minimum atomic E-state index is -0.197. The van der Waals surface area contributed by atoms with E-state index in [0.717, 1.165) is 23.4 Å². The van der Waals surface area contributed by atoms with Gasteiger partial charge in [-0.2, -0.15) is 5.10 Å². The summed E-state index contributed by atoms with van der Waals surface area (Å²) in [6, 6.07) is 13.2. The van der Waals surface area contributed by atoms with Crippen molar-refractivity contribution in [3.63, 3.8) is 0 Å². The van der Waals surface area contributed by atoms with Crippen LogP contribution < -0.4 is 5.56 Å². The first-order valence-electron chi connectivity index (χ1n) is 9.55. The van der Waals surface area contributed by atoms with Gasteiger partial charge in [0.05, 0.1) is 24.8 Å². The Morgan fingerprint density at radius 2 is 1.90 bits per heavy atom. The molecule has 6 nitrogen and oxygen atoms in total. The Bertz CT molecular complexity index is 1060. The monoisotopic (exact) mass is 390 g/mol. The molecular formula is C23H26N4O2. The van der Waals surface area contributed by atoms with Crippen LogP contribution in [0.4, 0.5) is 0 Å². The number of hydrogen-bond acceptors (Lipinski definition) is 4. The summed E-state index contributed by atoms with van der Waals surface area (Å²) in [6.07, 6.45) is 7.27. The standard InChI is InChI=1S/C23H26N4O2/c1-18-21(14-24-27(18)16-19-8-5-4-6-9-19)22(28)17-26-15-20(11-12-23(26)29)10-7-13-25(2)3/h4-12,14-15H,13,16-17H2,1-3H3/b10-7-. The first kappa shape index (κ1) is 20.5. The molecule has 0 aliphatic carbocycles. The first-order valence-corrected chi connectivity index (χ1v) is 9.55. The van der Waals surface area contributed by atoms with Crippen molar-refractivity contribution in [1.82, 2.24) is 19.2 Å². The van der Waals surface area contributed by atoms with Crippen LogP contribution in [0, 0.1) is 6.92 Å². The van der Waals surface area contributed by atoms with Crippen molar-refractivity contribution < 1.29 is 4.79 Å². The summed E-state index contributed by atoms with van der Waals surface area (Å²) >= 11 is 0. The van der Waals surface area contributed by atoms with E-state index in [9.17, 15) is 9.59 Å². The van der Waals surface area contributed by atoms with Gasteiger partial charge in [0.1, 0.15) is 0 Å². The molecule has 0 spiro atoms. The third-order valence-corrected chi connectivity index (χ3v) is 4.68. The maximum absolute atomic E-state index is 12.8. The molecule has 0 radical (unpaired) electrons. The van der Waals surface area contributed by atoms with Crippen LogP contribution in [0.2, 0.25) is 0 Å². The van der Waals surface area contributed by atoms with Crippen LogP contribution >= 0.6 is 0 Å². The van der Waals surface area contributed by atoms with E-state index in [0.29, 0.717) is 12.1 Å². The van der Waals surface area contributed by atoms with Crippen molar-refractivity contribution in [1.29, 1.82) is 0 Å². The minimum absolute atomic E-state index is 0.00787. The van der Waals surface area contributed by atoms with Crippen molar-refractivity contribution in [2.75, 3.05) is 20.6 Å². The molecule has 2 heterocycles. The van der Waals surface area contributed by atoms with Gasteiger partial charge in [-0.05, 0) is 38.2 Å². The van der Waals surface area contributed by atoms with Gasteiger partial charge in [-0.25, -0.2) is 0 Å². The van der Waals surface area contributed by atoms with Crippen LogP contribution in [-0.4, -0.2) is 45.7 Å². The van der Waals surface area contributed by atoms with Gasteiger partial charge in [0.2, 0.25) is 0 Å². The van der Waals surface area contributed by atoms with E-state index < -0.39 is 0 Å². The van der Waals surface area contributed by atoms with Gasteiger partial charge < -0.3 is 9.47 Å². The van der Waals surface area contributed by atoms with Crippen molar-refractivity contribution in [3.8, 4) is 0 Å². The highest BCUT2D eigenvalue weighted by Crippen LogP contribution is 2.12. The molecular weight excluding hydrogens is 364 g/mol. The second kappa shape index (κ2) is 9.30. The number of nitrogens with zero attached hydrogens (tertiary/aromatic N) is 4. The molecule has 0 bridgehead atoms. The third-order valence-electron chi connectivity index (χ3n) is 4.68. The van der Waals surface area contributed by atoms with Crippen molar-refractivity contribution in [3.05, 3.63) is 93.7 Å². The van der Waals surface area contributed by atoms with Gasteiger partial charge in [0, 0.05) is 24.5 Å². The Morgan fingerprint density at radius 3 is 2.62 bits per heavy atom. The number of ketones is 1. The number of likely N-dealkylation sites (N-methyl/N-ethyl adjacent to an activating group) is 1. The predicted octanol–water partition coefficient (Wildman–Crippen LogP) is 2.86. The average Bonchev–Trinajstić information content (AvgIpc) is 3.05. The third kappa shape index (κ3) is 5.39. The fourth-order valence-corrected chi connectivity index (χ4v) is 3.05. The number of aromatic nitrogens is 3. The summed E-state index contributed by atoms with van der Waals surface area (Å²) in [4.78, 5) is 27.1. The van der Waals surface area contributed by atoms with Crippen molar-refractivity contribution >= 4 is 11.9 Å². The molecule has 0 atom stereocenters. The van der Waals surface area contributed by atoms with Gasteiger partial charge in [-0.15, -0.1) is 0 Å². The largest absolute Gasteiger partial charge is 0.307 e. The highest BCUT2D eigenvalue weighted by Gasteiger charge is 2.15. The topological polar surface area (TPSA) is 60.1 Å². The molecule has 0 amide bonds. The van der Waals surface area contributed by atoms with Crippen molar-refractivity contribution in [2.45, 2.75) is 20.0 Å². The Hall–Kier alpha value is -3.25. The molecule has 29 heavy (non-hydrogen) atoms. The van der Waals surface area contributed by atoms with Crippen LogP contribution in [0.5, 0.6) is 0 Å². The summed E-state index contributed by atoms with van der Waals surface area (Å²) in [5.41, 5.74) is 3.15. The molecule has 0 aliphatic rings. The van der Waals surface area contributed by atoms with E-state index in [1.165, 1.54) is 10.6 Å². The van der Waals surface area contributed by atoms with Crippen LogP contribution in [0.1, 0.15) is 27.2 Å². The first-order chi connectivity index (χ1) is 13.9. The van der Waals surface area contributed by atoms with E-state index >= 15 is 0 Å².